The Morgan fingerprint density at radius 2 is 1.47 bits per heavy atom. The highest BCUT2D eigenvalue weighted by Crippen LogP contribution is 2.51. The van der Waals surface area contributed by atoms with E-state index in [2.05, 4.69) is 0 Å². The highest BCUT2D eigenvalue weighted by molar-refractivity contribution is 5.66. The third kappa shape index (κ3) is 1.79. The smallest absolute Gasteiger partial charge is 0.302 e. The monoisotopic (exact) mass is 208 g/mol. The van der Waals surface area contributed by atoms with Crippen molar-refractivity contribution in [2.75, 3.05) is 0 Å². The molecule has 84 valence electrons. The second-order valence-corrected chi connectivity index (χ2v) is 5.92. The fraction of sp³-hybridized carbons (Fsp3) is 0.923. The zero-order chi connectivity index (χ0) is 10.4. The van der Waals surface area contributed by atoms with E-state index in [4.69, 9.17) is 4.74 Å². The van der Waals surface area contributed by atoms with Crippen LogP contribution in [0.3, 0.4) is 0 Å². The molecule has 0 N–H and O–H groups in total. The molecule has 0 radical (unpaired) electrons. The van der Waals surface area contributed by atoms with Gasteiger partial charge in [0.1, 0.15) is 6.10 Å². The molecule has 0 aliphatic heterocycles. The van der Waals surface area contributed by atoms with Gasteiger partial charge in [-0.05, 0) is 62.2 Å². The van der Waals surface area contributed by atoms with E-state index in [1.165, 1.54) is 32.1 Å². The van der Waals surface area contributed by atoms with Crippen LogP contribution in [0.25, 0.3) is 0 Å². The Labute approximate surface area is 91.4 Å². The van der Waals surface area contributed by atoms with Crippen molar-refractivity contribution in [2.45, 2.75) is 51.6 Å². The number of ether oxygens (including phenoxy) is 1. The van der Waals surface area contributed by atoms with Gasteiger partial charge in [-0.25, -0.2) is 0 Å². The van der Waals surface area contributed by atoms with Gasteiger partial charge in [0.15, 0.2) is 0 Å². The fourth-order valence-electron chi connectivity index (χ4n) is 4.41. The van der Waals surface area contributed by atoms with E-state index in [1.807, 2.05) is 0 Å². The van der Waals surface area contributed by atoms with Crippen LogP contribution >= 0.6 is 0 Å². The van der Waals surface area contributed by atoms with Gasteiger partial charge in [-0.2, -0.15) is 0 Å². The van der Waals surface area contributed by atoms with Gasteiger partial charge in [-0.15, -0.1) is 0 Å². The molecule has 0 saturated heterocycles. The van der Waals surface area contributed by atoms with Gasteiger partial charge in [0.05, 0.1) is 0 Å². The molecule has 4 bridgehead atoms. The summed E-state index contributed by atoms with van der Waals surface area (Å²) < 4.78 is 5.52. The molecule has 4 aliphatic rings. The van der Waals surface area contributed by atoms with Crippen LogP contribution < -0.4 is 0 Å². The first-order valence-corrected chi connectivity index (χ1v) is 6.38. The summed E-state index contributed by atoms with van der Waals surface area (Å²) in [6.07, 6.45) is 8.32. The highest BCUT2D eigenvalue weighted by Gasteiger charge is 2.44. The first-order valence-electron chi connectivity index (χ1n) is 6.38. The van der Waals surface area contributed by atoms with Crippen molar-refractivity contribution >= 4 is 5.97 Å². The standard InChI is InChI=1S/C13H20O2/c1-8(14)15-13-7-11-3-9-2-10(4-11)6-12(13)5-9/h9-13H,2-7H2,1H3/t9-,10+,11?,12?,13?. The summed E-state index contributed by atoms with van der Waals surface area (Å²) in [6, 6.07) is 0. The molecule has 5 atom stereocenters. The van der Waals surface area contributed by atoms with Crippen molar-refractivity contribution in [2.24, 2.45) is 23.7 Å². The Kier molecular flexibility index (Phi) is 2.26. The molecular formula is C13H20O2. The molecule has 2 nitrogen and oxygen atoms in total. The van der Waals surface area contributed by atoms with Crippen LogP contribution in [0.1, 0.15) is 45.4 Å². The van der Waals surface area contributed by atoms with Gasteiger partial charge in [-0.3, -0.25) is 4.79 Å². The fourth-order valence-corrected chi connectivity index (χ4v) is 4.41. The average Bonchev–Trinajstić information content (AvgIpc) is 2.30. The summed E-state index contributed by atoms with van der Waals surface area (Å²) in [5.41, 5.74) is 0. The van der Waals surface area contributed by atoms with Gasteiger partial charge < -0.3 is 4.74 Å². The first-order chi connectivity index (χ1) is 7.20. The molecule has 4 aliphatic carbocycles. The highest BCUT2D eigenvalue weighted by atomic mass is 16.5. The minimum absolute atomic E-state index is 0.0822. The maximum absolute atomic E-state index is 11.1. The van der Waals surface area contributed by atoms with Crippen LogP contribution in [-0.4, -0.2) is 12.1 Å². The van der Waals surface area contributed by atoms with Crippen LogP contribution in [0.15, 0.2) is 0 Å². The quantitative estimate of drug-likeness (QED) is 0.619. The Hall–Kier alpha value is -0.530. The molecule has 0 spiro atoms. The summed E-state index contributed by atoms with van der Waals surface area (Å²) in [7, 11) is 0. The van der Waals surface area contributed by atoms with Crippen molar-refractivity contribution in [3.63, 3.8) is 0 Å². The maximum Gasteiger partial charge on any atom is 0.302 e. The number of hydrogen-bond donors (Lipinski definition) is 0. The van der Waals surface area contributed by atoms with Gasteiger partial charge >= 0.3 is 5.97 Å². The van der Waals surface area contributed by atoms with Crippen molar-refractivity contribution < 1.29 is 9.53 Å². The van der Waals surface area contributed by atoms with E-state index in [0.717, 1.165) is 24.2 Å². The number of fused-ring (bicyclic) bond motifs is 1. The molecular weight excluding hydrogens is 188 g/mol. The van der Waals surface area contributed by atoms with Crippen LogP contribution in [-0.2, 0) is 9.53 Å². The molecule has 2 heteroatoms. The van der Waals surface area contributed by atoms with Gasteiger partial charge in [0, 0.05) is 6.92 Å². The first kappa shape index (κ1) is 9.68. The van der Waals surface area contributed by atoms with Crippen molar-refractivity contribution in [1.29, 1.82) is 0 Å². The number of rotatable bonds is 1. The van der Waals surface area contributed by atoms with E-state index in [0.29, 0.717) is 5.92 Å². The van der Waals surface area contributed by atoms with E-state index in [1.54, 1.807) is 6.92 Å². The Morgan fingerprint density at radius 1 is 0.933 bits per heavy atom. The van der Waals surface area contributed by atoms with Gasteiger partial charge in [0.25, 0.3) is 0 Å². The summed E-state index contributed by atoms with van der Waals surface area (Å²) in [4.78, 5) is 11.1. The Balaban J connectivity index is 1.79. The van der Waals surface area contributed by atoms with E-state index in [-0.39, 0.29) is 12.1 Å². The molecule has 0 aromatic rings. The number of hydrogen-bond acceptors (Lipinski definition) is 2. The molecule has 15 heavy (non-hydrogen) atoms. The zero-order valence-corrected chi connectivity index (χ0v) is 9.45. The van der Waals surface area contributed by atoms with Gasteiger partial charge in [-0.1, -0.05) is 0 Å². The van der Waals surface area contributed by atoms with E-state index in [9.17, 15) is 4.79 Å². The zero-order valence-electron chi connectivity index (χ0n) is 9.45. The molecule has 4 fully saturated rings. The second-order valence-electron chi connectivity index (χ2n) is 5.92. The van der Waals surface area contributed by atoms with Gasteiger partial charge in [0.2, 0.25) is 0 Å². The summed E-state index contributed by atoms with van der Waals surface area (Å²) in [6.45, 7) is 1.55. The lowest BCUT2D eigenvalue weighted by molar-refractivity contribution is -0.150. The second kappa shape index (κ2) is 3.50. The van der Waals surface area contributed by atoms with Crippen LogP contribution in [0.5, 0.6) is 0 Å². The summed E-state index contributed by atoms with van der Waals surface area (Å²) >= 11 is 0. The van der Waals surface area contributed by atoms with Crippen molar-refractivity contribution in [3.8, 4) is 0 Å². The minimum Gasteiger partial charge on any atom is -0.462 e. The van der Waals surface area contributed by atoms with Crippen LogP contribution in [0.2, 0.25) is 0 Å². The van der Waals surface area contributed by atoms with Crippen molar-refractivity contribution in [1.82, 2.24) is 0 Å². The number of esters is 1. The molecule has 0 aromatic heterocycles. The maximum atomic E-state index is 11.1. The topological polar surface area (TPSA) is 26.3 Å². The normalized spacial score (nSPS) is 47.7. The SMILES string of the molecule is CC(=O)OC1CC2C[C@@H]3CC1C[C@H](C2)C3. The molecule has 0 heterocycles. The Morgan fingerprint density at radius 3 is 2.00 bits per heavy atom. The average molecular weight is 208 g/mol. The van der Waals surface area contributed by atoms with Crippen molar-refractivity contribution in [3.05, 3.63) is 0 Å². The predicted octanol–water partition coefficient (Wildman–Crippen LogP) is 2.76. The summed E-state index contributed by atoms with van der Waals surface area (Å²) in [5.74, 6) is 3.36. The van der Waals surface area contributed by atoms with Crippen LogP contribution in [0.4, 0.5) is 0 Å². The number of carbonyl (C=O) groups is 1. The lowest BCUT2D eigenvalue weighted by Crippen LogP contribution is -2.30. The summed E-state index contributed by atoms with van der Waals surface area (Å²) in [5, 5.41) is 0. The molecule has 3 unspecified atom stereocenters. The number of carbonyl (C=O) groups excluding carboxylic acids is 1. The lowest BCUT2D eigenvalue weighted by atomic mass is 9.68. The Bertz CT molecular complexity index is 260. The molecule has 4 rings (SSSR count). The van der Waals surface area contributed by atoms with E-state index >= 15 is 0 Å². The van der Waals surface area contributed by atoms with E-state index < -0.39 is 0 Å². The predicted molar refractivity (Wildman–Crippen MR) is 57.2 cm³/mol. The molecule has 4 saturated carbocycles. The molecule has 0 aromatic carbocycles. The minimum atomic E-state index is -0.0822. The largest absolute Gasteiger partial charge is 0.462 e. The van der Waals surface area contributed by atoms with Crippen LogP contribution in [0, 0.1) is 23.7 Å². The lowest BCUT2D eigenvalue weighted by Gasteiger charge is -2.38. The molecule has 0 amide bonds. The third-order valence-corrected chi connectivity index (χ3v) is 4.68. The third-order valence-electron chi connectivity index (χ3n) is 4.68.